The Labute approximate surface area is 91.7 Å². The van der Waals surface area contributed by atoms with Crippen molar-refractivity contribution in [3.63, 3.8) is 0 Å². The topological polar surface area (TPSA) is 44.4 Å². The van der Waals surface area contributed by atoms with E-state index in [1.165, 1.54) is 0 Å². The standard InChI is InChI=1S/C11H21N3O/c1-4-5-13-10(15)11(2,3)14-8-6-12-7-9-14/h4,12H,1,5-9H2,2-3H3,(H,13,15). The summed E-state index contributed by atoms with van der Waals surface area (Å²) in [5, 5.41) is 6.13. The number of hydrogen-bond donors (Lipinski definition) is 2. The number of piperazine rings is 1. The normalized spacial score (nSPS) is 18.5. The minimum Gasteiger partial charge on any atom is -0.351 e. The summed E-state index contributed by atoms with van der Waals surface area (Å²) in [4.78, 5) is 14.1. The van der Waals surface area contributed by atoms with Crippen molar-refractivity contribution in [2.45, 2.75) is 19.4 Å². The Bertz CT molecular complexity index is 232. The van der Waals surface area contributed by atoms with Crippen LogP contribution in [0.5, 0.6) is 0 Å². The van der Waals surface area contributed by atoms with Crippen LogP contribution in [0.2, 0.25) is 0 Å². The molecule has 0 aromatic heterocycles. The molecule has 0 aromatic carbocycles. The van der Waals surface area contributed by atoms with Crippen LogP contribution in [-0.2, 0) is 4.79 Å². The van der Waals surface area contributed by atoms with E-state index in [0.717, 1.165) is 26.2 Å². The van der Waals surface area contributed by atoms with Gasteiger partial charge in [0.25, 0.3) is 0 Å². The molecule has 4 nitrogen and oxygen atoms in total. The minimum absolute atomic E-state index is 0.0734. The lowest BCUT2D eigenvalue weighted by atomic mass is 10.0. The zero-order valence-corrected chi connectivity index (χ0v) is 9.68. The Kier molecular flexibility index (Phi) is 4.29. The van der Waals surface area contributed by atoms with E-state index in [0.29, 0.717) is 6.54 Å². The lowest BCUT2D eigenvalue weighted by molar-refractivity contribution is -0.131. The van der Waals surface area contributed by atoms with Crippen molar-refractivity contribution in [1.29, 1.82) is 0 Å². The molecule has 0 radical (unpaired) electrons. The molecule has 1 aliphatic heterocycles. The fraction of sp³-hybridized carbons (Fsp3) is 0.727. The number of hydrogen-bond acceptors (Lipinski definition) is 3. The summed E-state index contributed by atoms with van der Waals surface area (Å²) in [7, 11) is 0. The van der Waals surface area contributed by atoms with E-state index in [1.54, 1.807) is 6.08 Å². The third-order valence-corrected chi connectivity index (χ3v) is 2.87. The SMILES string of the molecule is C=CCNC(=O)C(C)(C)N1CCNCC1. The average molecular weight is 211 g/mol. The number of nitrogens with zero attached hydrogens (tertiary/aromatic N) is 1. The van der Waals surface area contributed by atoms with Crippen molar-refractivity contribution in [2.75, 3.05) is 32.7 Å². The summed E-state index contributed by atoms with van der Waals surface area (Å²) in [5.41, 5.74) is -0.425. The molecule has 0 atom stereocenters. The lowest BCUT2D eigenvalue weighted by Crippen LogP contribution is -2.59. The van der Waals surface area contributed by atoms with E-state index < -0.39 is 5.54 Å². The van der Waals surface area contributed by atoms with Gasteiger partial charge in [-0.2, -0.15) is 0 Å². The summed E-state index contributed by atoms with van der Waals surface area (Å²) in [6.07, 6.45) is 1.70. The third kappa shape index (κ3) is 3.04. The van der Waals surface area contributed by atoms with Crippen LogP contribution in [0.15, 0.2) is 12.7 Å². The van der Waals surface area contributed by atoms with Gasteiger partial charge in [-0.1, -0.05) is 6.08 Å². The molecule has 0 spiro atoms. The molecule has 1 aliphatic rings. The summed E-state index contributed by atoms with van der Waals surface area (Å²) in [5.74, 6) is 0.0734. The lowest BCUT2D eigenvalue weighted by Gasteiger charge is -2.39. The number of carbonyl (C=O) groups is 1. The molecule has 1 saturated heterocycles. The largest absolute Gasteiger partial charge is 0.351 e. The van der Waals surface area contributed by atoms with Crippen LogP contribution < -0.4 is 10.6 Å². The van der Waals surface area contributed by atoms with Gasteiger partial charge < -0.3 is 10.6 Å². The molecule has 1 amide bonds. The van der Waals surface area contributed by atoms with Gasteiger partial charge in [0.15, 0.2) is 0 Å². The summed E-state index contributed by atoms with van der Waals surface area (Å²) >= 11 is 0. The molecule has 2 N–H and O–H groups in total. The highest BCUT2D eigenvalue weighted by Crippen LogP contribution is 2.14. The molecular weight excluding hydrogens is 190 g/mol. The van der Waals surface area contributed by atoms with Crippen LogP contribution in [-0.4, -0.2) is 49.1 Å². The quantitative estimate of drug-likeness (QED) is 0.642. The second-order valence-electron chi connectivity index (χ2n) is 4.29. The molecule has 0 bridgehead atoms. The van der Waals surface area contributed by atoms with Gasteiger partial charge in [-0.15, -0.1) is 6.58 Å². The highest BCUT2D eigenvalue weighted by Gasteiger charge is 2.34. The van der Waals surface area contributed by atoms with E-state index in [1.807, 2.05) is 13.8 Å². The van der Waals surface area contributed by atoms with Crippen LogP contribution in [0.1, 0.15) is 13.8 Å². The second kappa shape index (κ2) is 5.28. The van der Waals surface area contributed by atoms with E-state index in [2.05, 4.69) is 22.1 Å². The van der Waals surface area contributed by atoms with E-state index in [-0.39, 0.29) is 5.91 Å². The zero-order valence-electron chi connectivity index (χ0n) is 9.68. The van der Waals surface area contributed by atoms with Gasteiger partial charge in [0.1, 0.15) is 0 Å². The monoisotopic (exact) mass is 211 g/mol. The molecule has 1 rings (SSSR count). The van der Waals surface area contributed by atoms with Gasteiger partial charge in [0, 0.05) is 32.7 Å². The van der Waals surface area contributed by atoms with Crippen molar-refractivity contribution in [2.24, 2.45) is 0 Å². The van der Waals surface area contributed by atoms with Crippen LogP contribution in [0, 0.1) is 0 Å². The molecule has 4 heteroatoms. The summed E-state index contributed by atoms with van der Waals surface area (Å²) in [6, 6.07) is 0. The minimum atomic E-state index is -0.425. The highest BCUT2D eigenvalue weighted by atomic mass is 16.2. The zero-order chi connectivity index (χ0) is 11.3. The van der Waals surface area contributed by atoms with Gasteiger partial charge in [0.2, 0.25) is 5.91 Å². The van der Waals surface area contributed by atoms with Gasteiger partial charge in [-0.25, -0.2) is 0 Å². The fourth-order valence-corrected chi connectivity index (χ4v) is 1.75. The Balaban J connectivity index is 2.54. The maximum absolute atomic E-state index is 11.9. The van der Waals surface area contributed by atoms with Crippen molar-refractivity contribution in [1.82, 2.24) is 15.5 Å². The molecular formula is C11H21N3O. The molecule has 0 saturated carbocycles. The maximum Gasteiger partial charge on any atom is 0.240 e. The number of nitrogens with one attached hydrogen (secondary N) is 2. The molecule has 0 aliphatic carbocycles. The van der Waals surface area contributed by atoms with E-state index >= 15 is 0 Å². The highest BCUT2D eigenvalue weighted by molar-refractivity contribution is 5.85. The summed E-state index contributed by atoms with van der Waals surface area (Å²) < 4.78 is 0. The van der Waals surface area contributed by atoms with Crippen LogP contribution in [0.3, 0.4) is 0 Å². The molecule has 86 valence electrons. The maximum atomic E-state index is 11.9. The van der Waals surface area contributed by atoms with Gasteiger partial charge in [0.05, 0.1) is 5.54 Å². The van der Waals surface area contributed by atoms with Crippen molar-refractivity contribution >= 4 is 5.91 Å². The van der Waals surface area contributed by atoms with Crippen LogP contribution in [0.4, 0.5) is 0 Å². The van der Waals surface area contributed by atoms with Gasteiger partial charge >= 0.3 is 0 Å². The molecule has 0 aromatic rings. The smallest absolute Gasteiger partial charge is 0.240 e. The Morgan fingerprint density at radius 3 is 2.67 bits per heavy atom. The Morgan fingerprint density at radius 1 is 1.53 bits per heavy atom. The Hall–Kier alpha value is -0.870. The predicted molar refractivity (Wildman–Crippen MR) is 61.7 cm³/mol. The predicted octanol–water partition coefficient (Wildman–Crippen LogP) is -0.0276. The molecule has 15 heavy (non-hydrogen) atoms. The number of carbonyl (C=O) groups excluding carboxylic acids is 1. The van der Waals surface area contributed by atoms with Crippen LogP contribution in [0.25, 0.3) is 0 Å². The first kappa shape index (κ1) is 12.2. The first-order valence-corrected chi connectivity index (χ1v) is 5.44. The van der Waals surface area contributed by atoms with Crippen molar-refractivity contribution in [3.05, 3.63) is 12.7 Å². The number of rotatable bonds is 4. The first-order valence-electron chi connectivity index (χ1n) is 5.44. The Morgan fingerprint density at radius 2 is 2.13 bits per heavy atom. The number of amides is 1. The van der Waals surface area contributed by atoms with Crippen molar-refractivity contribution < 1.29 is 4.79 Å². The third-order valence-electron chi connectivity index (χ3n) is 2.87. The summed E-state index contributed by atoms with van der Waals surface area (Å²) in [6.45, 7) is 11.8. The van der Waals surface area contributed by atoms with Gasteiger partial charge in [-0.05, 0) is 13.8 Å². The van der Waals surface area contributed by atoms with E-state index in [4.69, 9.17) is 0 Å². The van der Waals surface area contributed by atoms with Gasteiger partial charge in [-0.3, -0.25) is 9.69 Å². The molecule has 1 fully saturated rings. The molecule has 0 unspecified atom stereocenters. The fourth-order valence-electron chi connectivity index (χ4n) is 1.75. The molecule has 1 heterocycles. The van der Waals surface area contributed by atoms with E-state index in [9.17, 15) is 4.79 Å². The first-order chi connectivity index (χ1) is 7.09. The average Bonchev–Trinajstić information content (AvgIpc) is 2.27. The second-order valence-corrected chi connectivity index (χ2v) is 4.29. The van der Waals surface area contributed by atoms with Crippen LogP contribution >= 0.6 is 0 Å². The van der Waals surface area contributed by atoms with Crippen molar-refractivity contribution in [3.8, 4) is 0 Å².